The van der Waals surface area contributed by atoms with E-state index in [1.54, 1.807) is 4.90 Å². The number of fused-ring (bicyclic) bond motifs is 2. The summed E-state index contributed by atoms with van der Waals surface area (Å²) in [6.45, 7) is 10.1. The summed E-state index contributed by atoms with van der Waals surface area (Å²) >= 11 is 0. The Bertz CT molecular complexity index is 316. The number of amides is 1. The molecule has 0 radical (unpaired) electrons. The first-order valence-corrected chi connectivity index (χ1v) is 6.93. The third-order valence-electron chi connectivity index (χ3n) is 3.25. The van der Waals surface area contributed by atoms with Crippen LogP contribution in [0.2, 0.25) is 0 Å². The Balaban J connectivity index is 1.90. The fourth-order valence-electron chi connectivity index (χ4n) is 2.62. The molecule has 19 heavy (non-hydrogen) atoms. The maximum Gasteiger partial charge on any atom is 0.410 e. The predicted molar refractivity (Wildman–Crippen MR) is 72.0 cm³/mol. The lowest BCUT2D eigenvalue weighted by Crippen LogP contribution is -2.61. The van der Waals surface area contributed by atoms with Crippen molar-refractivity contribution in [2.24, 2.45) is 5.73 Å². The fraction of sp³-hybridized carbons (Fsp3) is 0.923. The molecule has 1 amide bonds. The molecule has 0 saturated carbocycles. The molecule has 0 aromatic carbocycles. The normalized spacial score (nSPS) is 28.3. The molecule has 2 bridgehead atoms. The van der Waals surface area contributed by atoms with Crippen molar-refractivity contribution in [2.75, 3.05) is 39.3 Å². The van der Waals surface area contributed by atoms with Gasteiger partial charge < -0.3 is 20.1 Å². The van der Waals surface area contributed by atoms with Crippen molar-refractivity contribution >= 4 is 6.09 Å². The van der Waals surface area contributed by atoms with Gasteiger partial charge in [0.2, 0.25) is 0 Å². The molecule has 2 rings (SSSR count). The largest absolute Gasteiger partial charge is 0.444 e. The van der Waals surface area contributed by atoms with E-state index in [1.165, 1.54) is 0 Å². The number of nitrogens with zero attached hydrogens (tertiary/aromatic N) is 2. The zero-order valence-electron chi connectivity index (χ0n) is 12.1. The molecule has 2 heterocycles. The van der Waals surface area contributed by atoms with E-state index in [-0.39, 0.29) is 18.3 Å². The Hall–Kier alpha value is -0.850. The highest BCUT2D eigenvalue weighted by Crippen LogP contribution is 2.20. The molecular formula is C13H25N3O3. The smallest absolute Gasteiger partial charge is 0.410 e. The quantitative estimate of drug-likeness (QED) is 0.780. The third kappa shape index (κ3) is 4.06. The number of morpholine rings is 2. The van der Waals surface area contributed by atoms with E-state index < -0.39 is 5.60 Å². The van der Waals surface area contributed by atoms with Gasteiger partial charge in [-0.3, -0.25) is 4.90 Å². The molecule has 2 unspecified atom stereocenters. The summed E-state index contributed by atoms with van der Waals surface area (Å²) in [5, 5.41) is 0. The zero-order chi connectivity index (χ0) is 14.0. The highest BCUT2D eigenvalue weighted by atomic mass is 16.6. The minimum absolute atomic E-state index is 0.0755. The molecule has 6 nitrogen and oxygen atoms in total. The third-order valence-corrected chi connectivity index (χ3v) is 3.25. The van der Waals surface area contributed by atoms with Crippen LogP contribution < -0.4 is 5.73 Å². The van der Waals surface area contributed by atoms with Crippen molar-refractivity contribution in [3.63, 3.8) is 0 Å². The van der Waals surface area contributed by atoms with E-state index in [2.05, 4.69) is 4.90 Å². The second-order valence-electron chi connectivity index (χ2n) is 6.31. The molecule has 0 aromatic heterocycles. The summed E-state index contributed by atoms with van der Waals surface area (Å²) in [4.78, 5) is 16.1. The van der Waals surface area contributed by atoms with Crippen LogP contribution in [0.1, 0.15) is 20.8 Å². The van der Waals surface area contributed by atoms with Crippen LogP contribution in [0.25, 0.3) is 0 Å². The van der Waals surface area contributed by atoms with Crippen LogP contribution in [-0.4, -0.2) is 73.0 Å². The Labute approximate surface area is 114 Å². The van der Waals surface area contributed by atoms with E-state index in [9.17, 15) is 4.79 Å². The van der Waals surface area contributed by atoms with Gasteiger partial charge in [-0.2, -0.15) is 0 Å². The van der Waals surface area contributed by atoms with Gasteiger partial charge in [0.05, 0.1) is 25.3 Å². The van der Waals surface area contributed by atoms with Crippen molar-refractivity contribution in [3.8, 4) is 0 Å². The van der Waals surface area contributed by atoms with Crippen molar-refractivity contribution < 1.29 is 14.3 Å². The molecule has 2 saturated heterocycles. The summed E-state index contributed by atoms with van der Waals surface area (Å²) in [7, 11) is 0. The van der Waals surface area contributed by atoms with Crippen molar-refractivity contribution in [1.82, 2.24) is 9.80 Å². The minimum Gasteiger partial charge on any atom is -0.444 e. The first kappa shape index (κ1) is 14.6. The summed E-state index contributed by atoms with van der Waals surface area (Å²) < 4.78 is 11.3. The van der Waals surface area contributed by atoms with Crippen LogP contribution in [-0.2, 0) is 9.47 Å². The van der Waals surface area contributed by atoms with Gasteiger partial charge in [0.25, 0.3) is 0 Å². The Morgan fingerprint density at radius 3 is 2.32 bits per heavy atom. The molecule has 2 atom stereocenters. The van der Waals surface area contributed by atoms with Crippen LogP contribution in [0.4, 0.5) is 4.79 Å². The van der Waals surface area contributed by atoms with Crippen LogP contribution in [0.15, 0.2) is 0 Å². The maximum atomic E-state index is 12.1. The highest BCUT2D eigenvalue weighted by molar-refractivity contribution is 5.68. The predicted octanol–water partition coefficient (Wildman–Crippen LogP) is 0.265. The van der Waals surface area contributed by atoms with Gasteiger partial charge >= 0.3 is 6.09 Å². The maximum absolute atomic E-state index is 12.1. The van der Waals surface area contributed by atoms with Crippen molar-refractivity contribution in [1.29, 1.82) is 0 Å². The van der Waals surface area contributed by atoms with Gasteiger partial charge in [-0.25, -0.2) is 4.79 Å². The van der Waals surface area contributed by atoms with E-state index in [0.717, 1.165) is 19.6 Å². The van der Waals surface area contributed by atoms with E-state index in [4.69, 9.17) is 15.2 Å². The number of hydrogen-bond acceptors (Lipinski definition) is 5. The summed E-state index contributed by atoms with van der Waals surface area (Å²) in [5.74, 6) is 0. The second-order valence-corrected chi connectivity index (χ2v) is 6.31. The number of rotatable bonds is 2. The topological polar surface area (TPSA) is 68.0 Å². The molecule has 110 valence electrons. The number of carbonyl (C=O) groups excluding carboxylic acids is 1. The van der Waals surface area contributed by atoms with Crippen LogP contribution in [0, 0.1) is 0 Å². The summed E-state index contributed by atoms with van der Waals surface area (Å²) in [5.41, 5.74) is 5.14. The van der Waals surface area contributed by atoms with E-state index >= 15 is 0 Å². The van der Waals surface area contributed by atoms with Crippen molar-refractivity contribution in [3.05, 3.63) is 0 Å². The molecular weight excluding hydrogens is 246 g/mol. The Morgan fingerprint density at radius 1 is 1.26 bits per heavy atom. The first-order valence-electron chi connectivity index (χ1n) is 6.93. The highest BCUT2D eigenvalue weighted by Gasteiger charge is 2.37. The lowest BCUT2D eigenvalue weighted by molar-refractivity contribution is -0.135. The molecule has 0 spiro atoms. The molecule has 2 N–H and O–H groups in total. The second kappa shape index (κ2) is 5.64. The molecule has 2 fully saturated rings. The van der Waals surface area contributed by atoms with Gasteiger partial charge in [0.15, 0.2) is 0 Å². The molecule has 6 heteroatoms. The number of ether oxygens (including phenoxy) is 2. The van der Waals surface area contributed by atoms with Gasteiger partial charge in [-0.1, -0.05) is 0 Å². The first-order chi connectivity index (χ1) is 8.87. The van der Waals surface area contributed by atoms with Gasteiger partial charge in [0, 0.05) is 26.2 Å². The van der Waals surface area contributed by atoms with Gasteiger partial charge in [0.1, 0.15) is 5.60 Å². The van der Waals surface area contributed by atoms with Gasteiger partial charge in [-0.05, 0) is 20.8 Å². The number of carbonyl (C=O) groups is 1. The molecule has 2 aliphatic rings. The average molecular weight is 271 g/mol. The lowest BCUT2D eigenvalue weighted by atomic mass is 10.1. The fourth-order valence-corrected chi connectivity index (χ4v) is 2.62. The standard InChI is InChI=1S/C13H25N3O3/c1-13(2,3)19-12(17)16-8-10-6-15(5-4-14)7-11(9-16)18-10/h10-11H,4-9,14H2,1-3H3. The SMILES string of the molecule is CC(C)(C)OC(=O)N1CC2CN(CCN)CC(C1)O2. The molecule has 0 aromatic rings. The van der Waals surface area contributed by atoms with Crippen LogP contribution in [0.3, 0.4) is 0 Å². The summed E-state index contributed by atoms with van der Waals surface area (Å²) in [6, 6.07) is 0. The summed E-state index contributed by atoms with van der Waals surface area (Å²) in [6.07, 6.45) is -0.0868. The van der Waals surface area contributed by atoms with Crippen LogP contribution in [0.5, 0.6) is 0 Å². The monoisotopic (exact) mass is 271 g/mol. The Kier molecular flexibility index (Phi) is 4.32. The molecule has 2 aliphatic heterocycles. The van der Waals surface area contributed by atoms with Gasteiger partial charge in [-0.15, -0.1) is 0 Å². The minimum atomic E-state index is -0.448. The van der Waals surface area contributed by atoms with E-state index in [1.807, 2.05) is 20.8 Å². The Morgan fingerprint density at radius 2 is 1.84 bits per heavy atom. The molecule has 0 aliphatic carbocycles. The van der Waals surface area contributed by atoms with Crippen LogP contribution >= 0.6 is 0 Å². The van der Waals surface area contributed by atoms with E-state index in [0.29, 0.717) is 19.6 Å². The van der Waals surface area contributed by atoms with Crippen molar-refractivity contribution in [2.45, 2.75) is 38.6 Å². The number of nitrogens with two attached hydrogens (primary N) is 1. The zero-order valence-corrected chi connectivity index (χ0v) is 12.1. The average Bonchev–Trinajstić information content (AvgIpc) is 2.25. The lowest BCUT2D eigenvalue weighted by Gasteiger charge is -2.45. The number of hydrogen-bond donors (Lipinski definition) is 1.